The lowest BCUT2D eigenvalue weighted by molar-refractivity contribution is -0.145. The third-order valence-corrected chi connectivity index (χ3v) is 4.84. The van der Waals surface area contributed by atoms with E-state index in [-0.39, 0.29) is 18.4 Å². The highest BCUT2D eigenvalue weighted by Gasteiger charge is 2.50. The van der Waals surface area contributed by atoms with Crippen LogP contribution < -0.4 is 0 Å². The van der Waals surface area contributed by atoms with Gasteiger partial charge in [0.1, 0.15) is 6.54 Å². The first-order valence-corrected chi connectivity index (χ1v) is 7.31. The summed E-state index contributed by atoms with van der Waals surface area (Å²) in [6.45, 7) is 2.28. The van der Waals surface area contributed by atoms with Gasteiger partial charge in [-0.25, -0.2) is 0 Å². The third kappa shape index (κ3) is 2.54. The van der Waals surface area contributed by atoms with Crippen molar-refractivity contribution >= 4 is 24.5 Å². The monoisotopic (exact) mass is 293 g/mol. The molecule has 0 bridgehead atoms. The van der Waals surface area contributed by atoms with Gasteiger partial charge in [0.15, 0.2) is 0 Å². The van der Waals surface area contributed by atoms with Crippen LogP contribution in [0.15, 0.2) is 30.3 Å². The fraction of sp³-hybridized carbons (Fsp3) is 0.467. The van der Waals surface area contributed by atoms with Crippen LogP contribution in [0.2, 0.25) is 0 Å². The molecule has 1 fully saturated rings. The number of amides is 1. The van der Waals surface area contributed by atoms with E-state index < -0.39 is 11.4 Å². The third-order valence-electron chi connectivity index (χ3n) is 4.28. The summed E-state index contributed by atoms with van der Waals surface area (Å²) >= 11 is 4.39. The molecule has 0 aliphatic carbocycles. The van der Waals surface area contributed by atoms with Gasteiger partial charge in [0, 0.05) is 12.3 Å². The Labute approximate surface area is 124 Å². The molecule has 2 atom stereocenters. The van der Waals surface area contributed by atoms with Gasteiger partial charge in [-0.2, -0.15) is 12.6 Å². The first-order valence-electron chi connectivity index (χ1n) is 6.68. The predicted octanol–water partition coefficient (Wildman–Crippen LogP) is 2.02. The van der Waals surface area contributed by atoms with Crippen molar-refractivity contribution in [1.29, 1.82) is 0 Å². The molecule has 0 radical (unpaired) electrons. The molecule has 5 heteroatoms. The summed E-state index contributed by atoms with van der Waals surface area (Å²) in [5, 5.41) is 8.88. The molecule has 1 saturated heterocycles. The predicted molar refractivity (Wildman–Crippen MR) is 80.0 cm³/mol. The SMILES string of the molecule is C[C@@H](c1ccccc1)[C@]1(CS)CCN(CC(=O)O)C1=O. The van der Waals surface area contributed by atoms with E-state index in [2.05, 4.69) is 12.6 Å². The van der Waals surface area contributed by atoms with Crippen molar-refractivity contribution in [2.75, 3.05) is 18.8 Å². The van der Waals surface area contributed by atoms with E-state index in [0.29, 0.717) is 18.7 Å². The molecule has 0 saturated carbocycles. The smallest absolute Gasteiger partial charge is 0.323 e. The Bertz CT molecular complexity index is 505. The van der Waals surface area contributed by atoms with Crippen molar-refractivity contribution in [2.45, 2.75) is 19.3 Å². The number of carboxylic acids is 1. The number of rotatable bonds is 5. The Morgan fingerprint density at radius 2 is 2.10 bits per heavy atom. The maximum atomic E-state index is 12.6. The minimum atomic E-state index is -0.972. The number of thiol groups is 1. The lowest BCUT2D eigenvalue weighted by Gasteiger charge is -2.32. The number of benzene rings is 1. The summed E-state index contributed by atoms with van der Waals surface area (Å²) in [5.41, 5.74) is 0.493. The van der Waals surface area contributed by atoms with Gasteiger partial charge in [-0.1, -0.05) is 37.3 Å². The quantitative estimate of drug-likeness (QED) is 0.817. The van der Waals surface area contributed by atoms with Gasteiger partial charge in [0.2, 0.25) is 5.91 Å². The summed E-state index contributed by atoms with van der Waals surface area (Å²) in [6, 6.07) is 9.85. The van der Waals surface area contributed by atoms with Crippen molar-refractivity contribution in [2.24, 2.45) is 5.41 Å². The van der Waals surface area contributed by atoms with Crippen molar-refractivity contribution in [3.8, 4) is 0 Å². The summed E-state index contributed by atoms with van der Waals surface area (Å²) in [4.78, 5) is 24.9. The second-order valence-electron chi connectivity index (χ2n) is 5.32. The molecule has 1 N–H and O–H groups in total. The van der Waals surface area contributed by atoms with E-state index in [1.165, 1.54) is 4.90 Å². The van der Waals surface area contributed by atoms with Gasteiger partial charge >= 0.3 is 5.97 Å². The normalized spacial score (nSPS) is 23.9. The second-order valence-corrected chi connectivity index (χ2v) is 5.63. The lowest BCUT2D eigenvalue weighted by Crippen LogP contribution is -2.41. The van der Waals surface area contributed by atoms with Crippen LogP contribution in [0.4, 0.5) is 0 Å². The maximum absolute atomic E-state index is 12.6. The van der Waals surface area contributed by atoms with Gasteiger partial charge < -0.3 is 10.0 Å². The molecule has 2 rings (SSSR count). The molecular formula is C15H19NO3S. The van der Waals surface area contributed by atoms with Crippen LogP contribution in [0.3, 0.4) is 0 Å². The molecule has 20 heavy (non-hydrogen) atoms. The van der Waals surface area contributed by atoms with Crippen molar-refractivity contribution < 1.29 is 14.7 Å². The van der Waals surface area contributed by atoms with Crippen molar-refractivity contribution in [1.82, 2.24) is 4.90 Å². The minimum absolute atomic E-state index is 0.0208. The highest BCUT2D eigenvalue weighted by molar-refractivity contribution is 7.80. The minimum Gasteiger partial charge on any atom is -0.480 e. The standard InChI is InChI=1S/C15H19NO3S/c1-11(12-5-3-2-4-6-12)15(10-20)7-8-16(14(15)19)9-13(17)18/h2-6,11,20H,7-10H2,1H3,(H,17,18)/t11-,15+/m0/s1. The van der Waals surface area contributed by atoms with Crippen LogP contribution in [0.1, 0.15) is 24.8 Å². The van der Waals surface area contributed by atoms with Gasteiger partial charge in [-0.05, 0) is 17.9 Å². The summed E-state index contributed by atoms with van der Waals surface area (Å²) < 4.78 is 0. The number of nitrogens with zero attached hydrogens (tertiary/aromatic N) is 1. The average Bonchev–Trinajstić information content (AvgIpc) is 2.76. The van der Waals surface area contributed by atoms with Crippen LogP contribution in [-0.2, 0) is 9.59 Å². The molecule has 1 amide bonds. The highest BCUT2D eigenvalue weighted by atomic mass is 32.1. The summed E-state index contributed by atoms with van der Waals surface area (Å²) in [6.07, 6.45) is 0.651. The number of hydrogen-bond donors (Lipinski definition) is 2. The Morgan fingerprint density at radius 3 is 2.65 bits per heavy atom. The van der Waals surface area contributed by atoms with Crippen LogP contribution in [0, 0.1) is 5.41 Å². The molecule has 1 aromatic rings. The molecule has 1 aliphatic rings. The van der Waals surface area contributed by atoms with E-state index >= 15 is 0 Å². The van der Waals surface area contributed by atoms with Crippen LogP contribution in [0.25, 0.3) is 0 Å². The largest absolute Gasteiger partial charge is 0.480 e. The van der Waals surface area contributed by atoms with Gasteiger partial charge in [-0.3, -0.25) is 9.59 Å². The first-order chi connectivity index (χ1) is 9.51. The van der Waals surface area contributed by atoms with E-state index in [0.717, 1.165) is 5.56 Å². The van der Waals surface area contributed by atoms with Gasteiger partial charge in [0.25, 0.3) is 0 Å². The molecule has 4 nitrogen and oxygen atoms in total. The molecule has 0 aromatic heterocycles. The second kappa shape index (κ2) is 5.87. The Balaban J connectivity index is 2.27. The molecule has 1 heterocycles. The lowest BCUT2D eigenvalue weighted by atomic mass is 9.73. The molecule has 1 aromatic carbocycles. The fourth-order valence-corrected chi connectivity index (χ4v) is 3.49. The molecule has 0 unspecified atom stereocenters. The van der Waals surface area contributed by atoms with E-state index in [1.807, 2.05) is 37.3 Å². The number of aliphatic carboxylic acids is 1. The zero-order valence-corrected chi connectivity index (χ0v) is 12.3. The van der Waals surface area contributed by atoms with Gasteiger partial charge in [0.05, 0.1) is 5.41 Å². The van der Waals surface area contributed by atoms with E-state index in [4.69, 9.17) is 5.11 Å². The number of carbonyl (C=O) groups excluding carboxylic acids is 1. The highest BCUT2D eigenvalue weighted by Crippen LogP contribution is 2.45. The molecule has 108 valence electrons. The van der Waals surface area contributed by atoms with Crippen molar-refractivity contribution in [3.63, 3.8) is 0 Å². The topological polar surface area (TPSA) is 57.6 Å². The number of carbonyl (C=O) groups is 2. The zero-order chi connectivity index (χ0) is 14.8. The number of hydrogen-bond acceptors (Lipinski definition) is 3. The summed E-state index contributed by atoms with van der Waals surface area (Å²) in [7, 11) is 0. The maximum Gasteiger partial charge on any atom is 0.323 e. The first kappa shape index (κ1) is 14.9. The van der Waals surface area contributed by atoms with E-state index in [9.17, 15) is 9.59 Å². The Kier molecular flexibility index (Phi) is 4.38. The van der Waals surface area contributed by atoms with E-state index in [1.54, 1.807) is 0 Å². The van der Waals surface area contributed by atoms with Crippen LogP contribution in [0.5, 0.6) is 0 Å². The molecule has 0 spiro atoms. The molecule has 1 aliphatic heterocycles. The number of likely N-dealkylation sites (tertiary alicyclic amines) is 1. The van der Waals surface area contributed by atoms with Gasteiger partial charge in [-0.15, -0.1) is 0 Å². The van der Waals surface area contributed by atoms with Crippen LogP contribution >= 0.6 is 12.6 Å². The molecular weight excluding hydrogens is 274 g/mol. The summed E-state index contributed by atoms with van der Waals surface area (Å²) in [5.74, 6) is -0.614. The zero-order valence-electron chi connectivity index (χ0n) is 11.5. The Hall–Kier alpha value is -1.49. The average molecular weight is 293 g/mol. The fourth-order valence-electron chi connectivity index (χ4n) is 2.92. The van der Waals surface area contributed by atoms with Crippen molar-refractivity contribution in [3.05, 3.63) is 35.9 Å². The van der Waals surface area contributed by atoms with Crippen LogP contribution in [-0.4, -0.2) is 40.7 Å². The Morgan fingerprint density at radius 1 is 1.45 bits per heavy atom. The number of carboxylic acid groups (broad SMARTS) is 1.